The van der Waals surface area contributed by atoms with Crippen LogP contribution in [-0.4, -0.2) is 40.9 Å². The van der Waals surface area contributed by atoms with Crippen molar-refractivity contribution >= 4 is 45.3 Å². The molecule has 5 rings (SSSR count). The minimum Gasteiger partial charge on any atom is -0.496 e. The van der Waals surface area contributed by atoms with Gasteiger partial charge in [-0.2, -0.15) is 0 Å². The van der Waals surface area contributed by atoms with Crippen LogP contribution in [0.1, 0.15) is 66.6 Å². The van der Waals surface area contributed by atoms with Crippen molar-refractivity contribution in [3.05, 3.63) is 112 Å². The molecule has 0 saturated carbocycles. The van der Waals surface area contributed by atoms with Crippen LogP contribution in [0.15, 0.2) is 74.1 Å². The molecule has 2 aromatic carbocycles. The van der Waals surface area contributed by atoms with E-state index < -0.39 is 12.0 Å². The van der Waals surface area contributed by atoms with Crippen LogP contribution < -0.4 is 19.6 Å². The van der Waals surface area contributed by atoms with Gasteiger partial charge in [-0.3, -0.25) is 9.36 Å². The number of hydrogen-bond donors (Lipinski definition) is 0. The maximum atomic E-state index is 14.2. The first-order valence-corrected chi connectivity index (χ1v) is 16.1. The second-order valence-corrected chi connectivity index (χ2v) is 12.8. The Bertz CT molecular complexity index is 2020. The molecule has 2 aromatic heterocycles. The zero-order valence-corrected chi connectivity index (χ0v) is 28.5. The van der Waals surface area contributed by atoms with E-state index in [1.807, 2.05) is 50.3 Å². The van der Waals surface area contributed by atoms with Crippen molar-refractivity contribution in [3.8, 4) is 11.4 Å². The number of thiazole rings is 1. The number of rotatable bonds is 8. The van der Waals surface area contributed by atoms with Gasteiger partial charge >= 0.3 is 11.9 Å². The smallest absolute Gasteiger partial charge is 0.338 e. The lowest BCUT2D eigenvalue weighted by atomic mass is 9.95. The largest absolute Gasteiger partial charge is 0.496 e. The first kappa shape index (κ1) is 32.2. The Labute approximate surface area is 273 Å². The molecule has 0 saturated heterocycles. The van der Waals surface area contributed by atoms with Crippen LogP contribution in [0.3, 0.4) is 0 Å². The summed E-state index contributed by atoms with van der Waals surface area (Å²) in [4.78, 5) is 45.0. The first-order chi connectivity index (χ1) is 21.4. The third-order valence-electron chi connectivity index (χ3n) is 7.46. The summed E-state index contributed by atoms with van der Waals surface area (Å²) in [6.07, 6.45) is 1.50. The molecule has 234 valence electrons. The second kappa shape index (κ2) is 13.0. The fourth-order valence-electron chi connectivity index (χ4n) is 5.51. The van der Waals surface area contributed by atoms with Crippen LogP contribution in [0.5, 0.6) is 5.75 Å². The topological polar surface area (TPSA) is 101 Å². The number of nitrogens with zero attached hydrogens (tertiary/aromatic N) is 3. The van der Waals surface area contributed by atoms with Gasteiger partial charge in [0, 0.05) is 27.1 Å². The molecule has 0 bridgehead atoms. The highest BCUT2D eigenvalue weighted by Gasteiger charge is 2.35. The number of hydrogen-bond acceptors (Lipinski definition) is 8. The molecule has 45 heavy (non-hydrogen) atoms. The molecular formula is C34H34BrN3O6S. The van der Waals surface area contributed by atoms with Gasteiger partial charge in [0.1, 0.15) is 11.8 Å². The summed E-state index contributed by atoms with van der Waals surface area (Å²) in [5.41, 5.74) is 5.21. The van der Waals surface area contributed by atoms with Gasteiger partial charge in [0.25, 0.3) is 5.56 Å². The molecule has 3 heterocycles. The maximum Gasteiger partial charge on any atom is 0.338 e. The Morgan fingerprint density at radius 3 is 2.42 bits per heavy atom. The number of fused-ring (bicyclic) bond motifs is 1. The Hall–Kier alpha value is -4.22. The minimum absolute atomic E-state index is 0.281. The Balaban J connectivity index is 1.65. The van der Waals surface area contributed by atoms with Crippen LogP contribution in [0.4, 0.5) is 0 Å². The van der Waals surface area contributed by atoms with Crippen molar-refractivity contribution < 1.29 is 23.8 Å². The van der Waals surface area contributed by atoms with Gasteiger partial charge in [-0.05, 0) is 102 Å². The van der Waals surface area contributed by atoms with E-state index in [2.05, 4.69) is 20.5 Å². The molecule has 0 radical (unpaired) electrons. The lowest BCUT2D eigenvalue weighted by Gasteiger charge is -2.26. The van der Waals surface area contributed by atoms with Gasteiger partial charge in [-0.1, -0.05) is 27.3 Å². The van der Waals surface area contributed by atoms with Gasteiger partial charge in [-0.25, -0.2) is 14.6 Å². The Morgan fingerprint density at radius 1 is 1.07 bits per heavy atom. The molecule has 0 N–H and O–H groups in total. The van der Waals surface area contributed by atoms with Crippen molar-refractivity contribution in [2.75, 3.05) is 13.7 Å². The average Bonchev–Trinajstić information content (AvgIpc) is 3.45. The third kappa shape index (κ3) is 6.19. The SMILES string of the molecule is CCOC(=O)c1ccc(-n2c(C)cc(/C=c3\sc4n(c3=O)[C@H](c3cc(Br)ccc3OC)C(C(=O)OC(C)C)=C(C)N=4)c2C)cc1. The molecule has 0 unspecified atom stereocenters. The monoisotopic (exact) mass is 691 g/mol. The predicted molar refractivity (Wildman–Crippen MR) is 177 cm³/mol. The number of aromatic nitrogens is 2. The first-order valence-electron chi connectivity index (χ1n) is 14.5. The quantitative estimate of drug-likeness (QED) is 0.225. The van der Waals surface area contributed by atoms with Crippen molar-refractivity contribution in [1.82, 2.24) is 9.13 Å². The number of aryl methyl sites for hydroxylation is 1. The van der Waals surface area contributed by atoms with Gasteiger partial charge in [0.15, 0.2) is 4.80 Å². The number of carbonyl (C=O) groups is 2. The van der Waals surface area contributed by atoms with Crippen LogP contribution >= 0.6 is 27.3 Å². The van der Waals surface area contributed by atoms with E-state index in [1.54, 1.807) is 57.6 Å². The zero-order valence-electron chi connectivity index (χ0n) is 26.1. The molecule has 9 nitrogen and oxygen atoms in total. The molecule has 11 heteroatoms. The zero-order chi connectivity index (χ0) is 32.6. The fraction of sp³-hybridized carbons (Fsp3) is 0.294. The highest BCUT2D eigenvalue weighted by Crippen LogP contribution is 2.37. The fourth-order valence-corrected chi connectivity index (χ4v) is 6.92. The molecule has 0 spiro atoms. The van der Waals surface area contributed by atoms with Crippen LogP contribution in [0.25, 0.3) is 11.8 Å². The standard InChI is InChI=1S/C34H34BrN3O6S/c1-8-43-32(40)22-9-12-25(13-10-22)37-19(4)15-23(21(37)6)16-28-31(39)38-30(26-17-24(35)11-14-27(26)42-7)29(33(41)44-18(2)3)20(5)36-34(38)45-28/h9-18,30H,8H2,1-7H3/b28-16-/t30-/m1/s1. The van der Waals surface area contributed by atoms with Crippen molar-refractivity contribution in [1.29, 1.82) is 0 Å². The summed E-state index contributed by atoms with van der Waals surface area (Å²) in [5, 5.41) is 0. The molecule has 1 atom stereocenters. The normalized spacial score (nSPS) is 14.8. The summed E-state index contributed by atoms with van der Waals surface area (Å²) in [6, 6.07) is 13.9. The molecular weight excluding hydrogens is 658 g/mol. The summed E-state index contributed by atoms with van der Waals surface area (Å²) in [7, 11) is 1.55. The van der Waals surface area contributed by atoms with E-state index in [0.29, 0.717) is 38.5 Å². The van der Waals surface area contributed by atoms with Crippen LogP contribution in [-0.2, 0) is 14.3 Å². The number of methoxy groups -OCH3 is 1. The lowest BCUT2D eigenvalue weighted by Crippen LogP contribution is -2.40. The van der Waals surface area contributed by atoms with Crippen molar-refractivity contribution in [3.63, 3.8) is 0 Å². The third-order valence-corrected chi connectivity index (χ3v) is 8.94. The van der Waals surface area contributed by atoms with Gasteiger partial charge in [0.2, 0.25) is 0 Å². The van der Waals surface area contributed by atoms with Gasteiger partial charge < -0.3 is 18.8 Å². The highest BCUT2D eigenvalue weighted by atomic mass is 79.9. The number of halogens is 1. The molecule has 1 aliphatic heterocycles. The van der Waals surface area contributed by atoms with Crippen molar-refractivity contribution in [2.45, 2.75) is 53.7 Å². The number of ether oxygens (including phenoxy) is 3. The molecule has 4 aromatic rings. The minimum atomic E-state index is -0.813. The molecule has 0 aliphatic carbocycles. The van der Waals surface area contributed by atoms with Crippen LogP contribution in [0.2, 0.25) is 0 Å². The maximum absolute atomic E-state index is 14.2. The number of allylic oxidation sites excluding steroid dienone is 1. The van der Waals surface area contributed by atoms with Gasteiger partial charge in [0.05, 0.1) is 41.2 Å². The Morgan fingerprint density at radius 2 is 1.78 bits per heavy atom. The number of carbonyl (C=O) groups excluding carboxylic acids is 2. The van der Waals surface area contributed by atoms with E-state index in [1.165, 1.54) is 11.3 Å². The van der Waals surface area contributed by atoms with Gasteiger partial charge in [-0.15, -0.1) is 0 Å². The number of esters is 2. The molecule has 1 aliphatic rings. The summed E-state index contributed by atoms with van der Waals surface area (Å²) < 4.78 is 21.3. The average molecular weight is 693 g/mol. The van der Waals surface area contributed by atoms with Crippen LogP contribution in [0, 0.1) is 13.8 Å². The predicted octanol–water partition coefficient (Wildman–Crippen LogP) is 5.54. The lowest BCUT2D eigenvalue weighted by molar-refractivity contribution is -0.143. The van der Waals surface area contributed by atoms with Crippen molar-refractivity contribution in [2.24, 2.45) is 4.99 Å². The Kier molecular flexibility index (Phi) is 9.31. The summed E-state index contributed by atoms with van der Waals surface area (Å²) in [5.74, 6) is -0.374. The molecule has 0 amide bonds. The highest BCUT2D eigenvalue weighted by molar-refractivity contribution is 9.10. The molecule has 0 fully saturated rings. The summed E-state index contributed by atoms with van der Waals surface area (Å²) >= 11 is 4.80. The number of benzene rings is 2. The van der Waals surface area contributed by atoms with E-state index in [0.717, 1.165) is 27.1 Å². The van der Waals surface area contributed by atoms with E-state index >= 15 is 0 Å². The second-order valence-electron chi connectivity index (χ2n) is 10.9. The summed E-state index contributed by atoms with van der Waals surface area (Å²) in [6.45, 7) is 11.4. The van der Waals surface area contributed by atoms with E-state index in [9.17, 15) is 14.4 Å². The van der Waals surface area contributed by atoms with E-state index in [4.69, 9.17) is 19.2 Å². The van der Waals surface area contributed by atoms with E-state index in [-0.39, 0.29) is 23.2 Å².